The number of pyridine rings is 2. The van der Waals surface area contributed by atoms with Crippen molar-refractivity contribution < 1.29 is 9.90 Å². The molecule has 2 aromatic heterocycles. The third kappa shape index (κ3) is 6.39. The normalized spacial score (nSPS) is 13.1. The highest BCUT2D eigenvalue weighted by Crippen LogP contribution is 2.29. The van der Waals surface area contributed by atoms with Gasteiger partial charge in [-0.1, -0.05) is 38.1 Å². The summed E-state index contributed by atoms with van der Waals surface area (Å²) in [5, 5.41) is 13.0. The predicted octanol–water partition coefficient (Wildman–Crippen LogP) is 4.92. The van der Waals surface area contributed by atoms with Gasteiger partial charge < -0.3 is 15.0 Å². The van der Waals surface area contributed by atoms with Crippen LogP contribution in [0.5, 0.6) is 0 Å². The molecule has 0 amide bonds. The molecule has 2 unspecified atom stereocenters. The van der Waals surface area contributed by atoms with Crippen molar-refractivity contribution in [3.05, 3.63) is 88.1 Å². The van der Waals surface area contributed by atoms with E-state index in [1.165, 1.54) is 0 Å². The van der Waals surface area contributed by atoms with E-state index in [2.05, 4.69) is 50.1 Å². The van der Waals surface area contributed by atoms with Crippen molar-refractivity contribution in [3.63, 3.8) is 0 Å². The van der Waals surface area contributed by atoms with Gasteiger partial charge in [0, 0.05) is 48.8 Å². The zero-order valence-corrected chi connectivity index (χ0v) is 19.8. The van der Waals surface area contributed by atoms with Crippen molar-refractivity contribution >= 4 is 5.97 Å². The zero-order valence-electron chi connectivity index (χ0n) is 19.8. The number of benzene rings is 1. The highest BCUT2D eigenvalue weighted by Gasteiger charge is 2.21. The molecule has 0 spiro atoms. The maximum Gasteiger partial charge on any atom is 0.305 e. The van der Waals surface area contributed by atoms with E-state index in [0.717, 1.165) is 34.2 Å². The van der Waals surface area contributed by atoms with Crippen LogP contribution in [0.1, 0.15) is 55.5 Å². The maximum absolute atomic E-state index is 12.4. The van der Waals surface area contributed by atoms with Gasteiger partial charge in [-0.05, 0) is 60.6 Å². The molecule has 1 aromatic carbocycles. The summed E-state index contributed by atoms with van der Waals surface area (Å²) in [5.74, 6) is -0.502. The lowest BCUT2D eigenvalue weighted by Gasteiger charge is -2.25. The Labute approximate surface area is 195 Å². The van der Waals surface area contributed by atoms with Crippen LogP contribution in [0.25, 0.3) is 11.1 Å². The van der Waals surface area contributed by atoms with E-state index in [4.69, 9.17) is 0 Å². The van der Waals surface area contributed by atoms with Gasteiger partial charge in [0.1, 0.15) is 0 Å². The van der Waals surface area contributed by atoms with Crippen LogP contribution < -0.4 is 10.9 Å². The first-order chi connectivity index (χ1) is 15.8. The lowest BCUT2D eigenvalue weighted by Crippen LogP contribution is -2.35. The van der Waals surface area contributed by atoms with Crippen LogP contribution in [0.15, 0.2) is 65.8 Å². The van der Waals surface area contributed by atoms with Crippen molar-refractivity contribution in [2.45, 2.75) is 52.6 Å². The molecule has 6 heteroatoms. The Morgan fingerprint density at radius 2 is 1.82 bits per heavy atom. The van der Waals surface area contributed by atoms with Crippen molar-refractivity contribution in [2.75, 3.05) is 6.54 Å². The maximum atomic E-state index is 12.4. The fourth-order valence-electron chi connectivity index (χ4n) is 4.40. The first-order valence-electron chi connectivity index (χ1n) is 11.4. The Bertz CT molecular complexity index is 1130. The van der Waals surface area contributed by atoms with Crippen LogP contribution in [0.2, 0.25) is 0 Å². The summed E-state index contributed by atoms with van der Waals surface area (Å²) in [6, 6.07) is 12.8. The number of aliphatic carboxylic acids is 1. The summed E-state index contributed by atoms with van der Waals surface area (Å²) >= 11 is 0. The molecular formula is C27H33N3O3. The van der Waals surface area contributed by atoms with Crippen LogP contribution in [0.3, 0.4) is 0 Å². The first kappa shape index (κ1) is 24.4. The molecule has 0 saturated heterocycles. The third-order valence-electron chi connectivity index (χ3n) is 5.90. The minimum atomic E-state index is -0.887. The Balaban J connectivity index is 1.90. The van der Waals surface area contributed by atoms with Crippen LogP contribution in [-0.2, 0) is 4.79 Å². The van der Waals surface area contributed by atoms with Gasteiger partial charge in [-0.2, -0.15) is 0 Å². The summed E-state index contributed by atoms with van der Waals surface area (Å²) in [6.07, 6.45) is 6.07. The SMILES string of the molecule is Cc1cccc(C)c1-c1cncc(C(CC(=O)O)NCC(CC(C)C)n2ccccc2=O)c1. The molecule has 6 nitrogen and oxygen atoms in total. The number of carboxylic acids is 1. The summed E-state index contributed by atoms with van der Waals surface area (Å²) < 4.78 is 1.73. The van der Waals surface area contributed by atoms with Gasteiger partial charge in [0.25, 0.3) is 5.56 Å². The Kier molecular flexibility index (Phi) is 8.17. The van der Waals surface area contributed by atoms with E-state index in [0.29, 0.717) is 12.5 Å². The van der Waals surface area contributed by atoms with Crippen molar-refractivity contribution in [3.8, 4) is 11.1 Å². The number of carboxylic acid groups (broad SMARTS) is 1. The summed E-state index contributed by atoms with van der Waals surface area (Å²) in [6.45, 7) is 8.85. The van der Waals surface area contributed by atoms with Gasteiger partial charge in [-0.3, -0.25) is 14.6 Å². The van der Waals surface area contributed by atoms with Crippen molar-refractivity contribution in [2.24, 2.45) is 5.92 Å². The smallest absolute Gasteiger partial charge is 0.305 e. The summed E-state index contributed by atoms with van der Waals surface area (Å²) in [4.78, 5) is 28.5. The topological polar surface area (TPSA) is 84.2 Å². The number of carbonyl (C=O) groups is 1. The molecule has 174 valence electrons. The lowest BCUT2D eigenvalue weighted by molar-refractivity contribution is -0.137. The van der Waals surface area contributed by atoms with Gasteiger partial charge in [0.2, 0.25) is 0 Å². The average molecular weight is 448 g/mol. The Morgan fingerprint density at radius 1 is 1.09 bits per heavy atom. The largest absolute Gasteiger partial charge is 0.481 e. The quantitative estimate of drug-likeness (QED) is 0.461. The van der Waals surface area contributed by atoms with Crippen molar-refractivity contribution in [1.29, 1.82) is 0 Å². The fraction of sp³-hybridized carbons (Fsp3) is 0.370. The molecule has 2 N–H and O–H groups in total. The summed E-state index contributed by atoms with van der Waals surface area (Å²) in [7, 11) is 0. The molecule has 0 aliphatic heterocycles. The highest BCUT2D eigenvalue weighted by atomic mass is 16.4. The number of nitrogens with one attached hydrogen (secondary N) is 1. The molecule has 0 fully saturated rings. The monoisotopic (exact) mass is 447 g/mol. The highest BCUT2D eigenvalue weighted by molar-refractivity contribution is 5.71. The molecule has 2 atom stereocenters. The second-order valence-electron chi connectivity index (χ2n) is 9.06. The Hall–Kier alpha value is -3.25. The molecular weight excluding hydrogens is 414 g/mol. The van der Waals surface area contributed by atoms with Crippen LogP contribution in [0, 0.1) is 19.8 Å². The predicted molar refractivity (Wildman–Crippen MR) is 131 cm³/mol. The molecule has 2 heterocycles. The number of nitrogens with zero attached hydrogens (tertiary/aromatic N) is 2. The minimum absolute atomic E-state index is 0.0570. The van der Waals surface area contributed by atoms with Gasteiger partial charge in [0.15, 0.2) is 0 Å². The van der Waals surface area contributed by atoms with E-state index in [-0.39, 0.29) is 18.0 Å². The minimum Gasteiger partial charge on any atom is -0.481 e. The van der Waals surface area contributed by atoms with Crippen LogP contribution in [-0.4, -0.2) is 27.2 Å². The van der Waals surface area contributed by atoms with Crippen LogP contribution in [0.4, 0.5) is 0 Å². The number of rotatable bonds is 10. The molecule has 0 radical (unpaired) electrons. The number of aromatic nitrogens is 2. The average Bonchev–Trinajstić information content (AvgIpc) is 2.76. The second-order valence-corrected chi connectivity index (χ2v) is 9.06. The van der Waals surface area contributed by atoms with Crippen molar-refractivity contribution in [1.82, 2.24) is 14.9 Å². The number of hydrogen-bond acceptors (Lipinski definition) is 4. The first-order valence-corrected chi connectivity index (χ1v) is 11.4. The molecule has 3 rings (SSSR count). The van der Waals surface area contributed by atoms with Gasteiger partial charge in [-0.15, -0.1) is 0 Å². The third-order valence-corrected chi connectivity index (χ3v) is 5.90. The number of hydrogen-bond donors (Lipinski definition) is 2. The molecule has 0 saturated carbocycles. The fourth-order valence-corrected chi connectivity index (χ4v) is 4.40. The standard InChI is InChI=1S/C27H33N3O3/c1-18(2)12-23(30-11-6-5-10-25(30)31)17-29-24(14-26(32)33)21-13-22(16-28-15-21)27-19(3)8-7-9-20(27)4/h5-11,13,15-16,18,23-24,29H,12,14,17H2,1-4H3,(H,32,33). The summed E-state index contributed by atoms with van der Waals surface area (Å²) in [5.41, 5.74) is 5.15. The van der Waals surface area contributed by atoms with E-state index in [9.17, 15) is 14.7 Å². The molecule has 3 aromatic rings. The van der Waals surface area contributed by atoms with E-state index in [1.54, 1.807) is 29.1 Å². The molecule has 33 heavy (non-hydrogen) atoms. The van der Waals surface area contributed by atoms with E-state index < -0.39 is 12.0 Å². The van der Waals surface area contributed by atoms with E-state index in [1.807, 2.05) is 24.4 Å². The Morgan fingerprint density at radius 3 is 2.45 bits per heavy atom. The van der Waals surface area contributed by atoms with Gasteiger partial charge >= 0.3 is 5.97 Å². The molecule has 0 bridgehead atoms. The number of aryl methyl sites for hydroxylation is 2. The lowest BCUT2D eigenvalue weighted by atomic mass is 9.94. The van der Waals surface area contributed by atoms with E-state index >= 15 is 0 Å². The molecule has 0 aliphatic carbocycles. The zero-order chi connectivity index (χ0) is 24.0. The molecule has 0 aliphatic rings. The van der Waals surface area contributed by atoms with Gasteiger partial charge in [-0.25, -0.2) is 0 Å². The van der Waals surface area contributed by atoms with Gasteiger partial charge in [0.05, 0.1) is 6.42 Å². The van der Waals surface area contributed by atoms with Crippen LogP contribution >= 0.6 is 0 Å². The second kappa shape index (κ2) is 11.1.